The van der Waals surface area contributed by atoms with Crippen molar-refractivity contribution in [2.75, 3.05) is 13.2 Å². The summed E-state index contributed by atoms with van der Waals surface area (Å²) in [7, 11) is 0. The van der Waals surface area contributed by atoms with Crippen LogP contribution in [0.2, 0.25) is 0 Å². The van der Waals surface area contributed by atoms with E-state index in [-0.39, 0.29) is 12.0 Å². The Balaban J connectivity index is 1.75. The molecule has 0 radical (unpaired) electrons. The van der Waals surface area contributed by atoms with Crippen LogP contribution in [-0.2, 0) is 4.74 Å². The van der Waals surface area contributed by atoms with E-state index in [2.05, 4.69) is 40.8 Å². The number of pyridine rings is 1. The number of nitrogens with zero attached hydrogens (tertiary/aromatic N) is 2. The van der Waals surface area contributed by atoms with Crippen LogP contribution in [0, 0.1) is 13.8 Å². The number of aromatic nitrogens is 2. The summed E-state index contributed by atoms with van der Waals surface area (Å²) >= 11 is 1.45. The molecule has 0 spiro atoms. The topological polar surface area (TPSA) is 56.2 Å². The SMILES string of the molecule is Cc1ccc(C)n1-c1c(C(=O)NCC2CCCO2)sc2ncccc12. The number of carbonyl (C=O) groups is 1. The fraction of sp³-hybridized carbons (Fsp3) is 0.368. The first kappa shape index (κ1) is 16.3. The molecule has 1 atom stereocenters. The van der Waals surface area contributed by atoms with Gasteiger partial charge in [-0.15, -0.1) is 11.3 Å². The molecule has 0 aliphatic carbocycles. The van der Waals surface area contributed by atoms with Gasteiger partial charge >= 0.3 is 0 Å². The molecule has 3 aromatic heterocycles. The molecule has 1 fully saturated rings. The second kappa shape index (κ2) is 6.61. The fourth-order valence-corrected chi connectivity index (χ4v) is 4.45. The third-order valence-corrected chi connectivity index (χ3v) is 5.76. The average Bonchev–Trinajstić information content (AvgIpc) is 3.32. The summed E-state index contributed by atoms with van der Waals surface area (Å²) in [6.07, 6.45) is 3.98. The number of amides is 1. The highest BCUT2D eigenvalue weighted by molar-refractivity contribution is 7.21. The summed E-state index contributed by atoms with van der Waals surface area (Å²) in [5.41, 5.74) is 3.14. The van der Waals surface area contributed by atoms with E-state index in [0.717, 1.165) is 46.7 Å². The minimum absolute atomic E-state index is 0.0546. The Bertz CT molecular complexity index is 903. The Morgan fingerprint density at radius 2 is 2.16 bits per heavy atom. The van der Waals surface area contributed by atoms with E-state index in [9.17, 15) is 4.79 Å². The van der Waals surface area contributed by atoms with Crippen molar-refractivity contribution >= 4 is 27.5 Å². The number of thiophene rings is 1. The summed E-state index contributed by atoms with van der Waals surface area (Å²) < 4.78 is 7.75. The Morgan fingerprint density at radius 3 is 2.88 bits per heavy atom. The molecule has 0 saturated carbocycles. The van der Waals surface area contributed by atoms with Gasteiger partial charge in [0, 0.05) is 36.1 Å². The Labute approximate surface area is 150 Å². The molecule has 5 nitrogen and oxygen atoms in total. The van der Waals surface area contributed by atoms with Crippen molar-refractivity contribution in [1.82, 2.24) is 14.9 Å². The summed E-state index contributed by atoms with van der Waals surface area (Å²) in [6, 6.07) is 8.09. The number of hydrogen-bond donors (Lipinski definition) is 1. The van der Waals surface area contributed by atoms with Gasteiger partial charge < -0.3 is 14.6 Å². The van der Waals surface area contributed by atoms with Crippen molar-refractivity contribution in [3.8, 4) is 5.69 Å². The quantitative estimate of drug-likeness (QED) is 0.778. The maximum Gasteiger partial charge on any atom is 0.263 e. The minimum atomic E-state index is -0.0546. The van der Waals surface area contributed by atoms with E-state index < -0.39 is 0 Å². The van der Waals surface area contributed by atoms with Crippen LogP contribution in [0.4, 0.5) is 0 Å². The normalized spacial score (nSPS) is 17.3. The highest BCUT2D eigenvalue weighted by atomic mass is 32.1. The molecule has 1 amide bonds. The maximum absolute atomic E-state index is 12.9. The lowest BCUT2D eigenvalue weighted by atomic mass is 10.2. The lowest BCUT2D eigenvalue weighted by molar-refractivity contribution is 0.0861. The molecule has 1 N–H and O–H groups in total. The van der Waals surface area contributed by atoms with Crippen LogP contribution in [0.25, 0.3) is 15.9 Å². The number of ether oxygens (including phenoxy) is 1. The largest absolute Gasteiger partial charge is 0.376 e. The highest BCUT2D eigenvalue weighted by Crippen LogP contribution is 2.34. The monoisotopic (exact) mass is 355 g/mol. The Hall–Kier alpha value is -2.18. The molecule has 4 heterocycles. The molecular weight excluding hydrogens is 334 g/mol. The van der Waals surface area contributed by atoms with E-state index in [4.69, 9.17) is 4.74 Å². The first-order valence-corrected chi connectivity index (χ1v) is 9.39. The average molecular weight is 355 g/mol. The van der Waals surface area contributed by atoms with Crippen LogP contribution in [0.1, 0.15) is 33.9 Å². The summed E-state index contributed by atoms with van der Waals surface area (Å²) in [5.74, 6) is -0.0546. The highest BCUT2D eigenvalue weighted by Gasteiger charge is 2.23. The van der Waals surface area contributed by atoms with Gasteiger partial charge in [0.25, 0.3) is 5.91 Å². The van der Waals surface area contributed by atoms with Crippen LogP contribution < -0.4 is 5.32 Å². The summed E-state index contributed by atoms with van der Waals surface area (Å²) in [4.78, 5) is 18.9. The molecule has 6 heteroatoms. The zero-order chi connectivity index (χ0) is 17.4. The van der Waals surface area contributed by atoms with Crippen molar-refractivity contribution in [1.29, 1.82) is 0 Å². The third kappa shape index (κ3) is 2.96. The number of fused-ring (bicyclic) bond motifs is 1. The van der Waals surface area contributed by atoms with Crippen LogP contribution in [0.3, 0.4) is 0 Å². The van der Waals surface area contributed by atoms with Crippen LogP contribution in [-0.4, -0.2) is 34.7 Å². The second-order valence-electron chi connectivity index (χ2n) is 6.43. The lowest BCUT2D eigenvalue weighted by Gasteiger charge is -2.13. The van der Waals surface area contributed by atoms with Crippen molar-refractivity contribution < 1.29 is 9.53 Å². The van der Waals surface area contributed by atoms with E-state index in [0.29, 0.717) is 11.4 Å². The van der Waals surface area contributed by atoms with Crippen molar-refractivity contribution in [2.45, 2.75) is 32.8 Å². The fourth-order valence-electron chi connectivity index (χ4n) is 3.41. The van der Waals surface area contributed by atoms with Gasteiger partial charge in [0.15, 0.2) is 0 Å². The molecule has 1 aliphatic rings. The van der Waals surface area contributed by atoms with Gasteiger partial charge in [0.05, 0.1) is 11.8 Å². The predicted molar refractivity (Wildman–Crippen MR) is 99.7 cm³/mol. The number of rotatable bonds is 4. The van der Waals surface area contributed by atoms with Crippen LogP contribution in [0.15, 0.2) is 30.5 Å². The van der Waals surface area contributed by atoms with Gasteiger partial charge in [-0.3, -0.25) is 4.79 Å². The molecule has 1 aliphatic heterocycles. The second-order valence-corrected chi connectivity index (χ2v) is 7.43. The van der Waals surface area contributed by atoms with Crippen molar-refractivity contribution in [3.05, 3.63) is 46.7 Å². The Morgan fingerprint density at radius 1 is 1.36 bits per heavy atom. The van der Waals surface area contributed by atoms with Gasteiger partial charge in [0.1, 0.15) is 9.71 Å². The van der Waals surface area contributed by atoms with Crippen LogP contribution >= 0.6 is 11.3 Å². The zero-order valence-corrected chi connectivity index (χ0v) is 15.2. The summed E-state index contributed by atoms with van der Waals surface area (Å²) in [5, 5.41) is 4.06. The van der Waals surface area contributed by atoms with E-state index in [1.165, 1.54) is 11.3 Å². The summed E-state index contributed by atoms with van der Waals surface area (Å²) in [6.45, 7) is 5.46. The van der Waals surface area contributed by atoms with Gasteiger partial charge in [-0.1, -0.05) is 0 Å². The molecule has 1 saturated heterocycles. The predicted octanol–water partition coefficient (Wildman–Crippen LogP) is 3.61. The maximum atomic E-state index is 12.9. The minimum Gasteiger partial charge on any atom is -0.376 e. The molecule has 0 bridgehead atoms. The first-order valence-electron chi connectivity index (χ1n) is 8.58. The standard InChI is InChI=1S/C19H21N3O2S/c1-12-7-8-13(2)22(12)16-15-6-3-9-20-19(15)25-17(16)18(23)21-11-14-5-4-10-24-14/h3,6-9,14H,4-5,10-11H2,1-2H3,(H,21,23). The Kier molecular flexibility index (Phi) is 4.31. The molecule has 4 rings (SSSR count). The molecule has 0 aromatic carbocycles. The first-order chi connectivity index (χ1) is 12.1. The van der Waals surface area contributed by atoms with E-state index >= 15 is 0 Å². The van der Waals surface area contributed by atoms with E-state index in [1.807, 2.05) is 12.1 Å². The van der Waals surface area contributed by atoms with Crippen molar-refractivity contribution in [3.63, 3.8) is 0 Å². The number of aryl methyl sites for hydroxylation is 2. The number of hydrogen-bond acceptors (Lipinski definition) is 4. The molecule has 1 unspecified atom stereocenters. The number of carbonyl (C=O) groups excluding carboxylic acids is 1. The molecule has 130 valence electrons. The smallest absolute Gasteiger partial charge is 0.263 e. The van der Waals surface area contributed by atoms with Gasteiger partial charge in [-0.2, -0.15) is 0 Å². The zero-order valence-electron chi connectivity index (χ0n) is 14.4. The van der Waals surface area contributed by atoms with Gasteiger partial charge in [0.2, 0.25) is 0 Å². The van der Waals surface area contributed by atoms with Crippen molar-refractivity contribution in [2.24, 2.45) is 0 Å². The lowest BCUT2D eigenvalue weighted by Crippen LogP contribution is -2.31. The van der Waals surface area contributed by atoms with E-state index in [1.54, 1.807) is 6.20 Å². The molecule has 25 heavy (non-hydrogen) atoms. The number of nitrogens with one attached hydrogen (secondary N) is 1. The molecular formula is C19H21N3O2S. The van der Waals surface area contributed by atoms with Gasteiger partial charge in [-0.25, -0.2) is 4.98 Å². The third-order valence-electron chi connectivity index (χ3n) is 4.66. The van der Waals surface area contributed by atoms with Crippen LogP contribution in [0.5, 0.6) is 0 Å². The van der Waals surface area contributed by atoms with Gasteiger partial charge in [-0.05, 0) is 51.0 Å². The molecule has 3 aromatic rings.